The number of ether oxygens (including phenoxy) is 1. The Bertz CT molecular complexity index is 246. The number of nitrogens with two attached hydrogens (primary N) is 1. The van der Waals surface area contributed by atoms with Crippen LogP contribution in [0.4, 0.5) is 0 Å². The summed E-state index contributed by atoms with van der Waals surface area (Å²) in [6, 6.07) is 0.0987. The molecule has 0 aliphatic heterocycles. The Hall–Kier alpha value is -0.940. The first-order chi connectivity index (χ1) is 6.22. The summed E-state index contributed by atoms with van der Waals surface area (Å²) in [6.07, 6.45) is 1.86. The number of hydrogen-bond donors (Lipinski definition) is 1. The standard InChI is InChI=1S/C8H16N4O/c1-3-13-6-8-5-12(11-10-8)4-7(2)9/h5,7H,3-4,6,9H2,1-2H3. The van der Waals surface area contributed by atoms with Crippen LogP contribution in [0, 0.1) is 0 Å². The summed E-state index contributed by atoms with van der Waals surface area (Å²) in [5.74, 6) is 0. The highest BCUT2D eigenvalue weighted by Gasteiger charge is 2.01. The Kier molecular flexibility index (Phi) is 3.85. The van der Waals surface area contributed by atoms with Gasteiger partial charge in [0, 0.05) is 12.6 Å². The molecule has 1 atom stereocenters. The Morgan fingerprint density at radius 2 is 2.46 bits per heavy atom. The summed E-state index contributed by atoms with van der Waals surface area (Å²) in [4.78, 5) is 0. The zero-order valence-corrected chi connectivity index (χ0v) is 8.10. The Balaban J connectivity index is 2.44. The minimum atomic E-state index is 0.0987. The van der Waals surface area contributed by atoms with Gasteiger partial charge in [0.05, 0.1) is 19.3 Å². The van der Waals surface area contributed by atoms with E-state index in [9.17, 15) is 0 Å². The largest absolute Gasteiger partial charge is 0.375 e. The molecule has 0 bridgehead atoms. The smallest absolute Gasteiger partial charge is 0.108 e. The van der Waals surface area contributed by atoms with E-state index in [0.29, 0.717) is 19.8 Å². The van der Waals surface area contributed by atoms with Gasteiger partial charge in [-0.1, -0.05) is 5.21 Å². The van der Waals surface area contributed by atoms with E-state index in [1.54, 1.807) is 4.68 Å². The molecular weight excluding hydrogens is 168 g/mol. The van der Waals surface area contributed by atoms with Gasteiger partial charge in [0.1, 0.15) is 5.69 Å². The molecule has 0 spiro atoms. The molecule has 1 heterocycles. The van der Waals surface area contributed by atoms with Crippen LogP contribution in [0.1, 0.15) is 19.5 Å². The summed E-state index contributed by atoms with van der Waals surface area (Å²) in [7, 11) is 0. The number of rotatable bonds is 5. The maximum absolute atomic E-state index is 5.61. The van der Waals surface area contributed by atoms with Gasteiger partial charge in [-0.3, -0.25) is 4.68 Å². The summed E-state index contributed by atoms with van der Waals surface area (Å²) in [5.41, 5.74) is 6.46. The third-order valence-corrected chi connectivity index (χ3v) is 1.52. The van der Waals surface area contributed by atoms with Gasteiger partial charge in [0.15, 0.2) is 0 Å². The molecular formula is C8H16N4O. The quantitative estimate of drug-likeness (QED) is 0.708. The maximum Gasteiger partial charge on any atom is 0.108 e. The number of aromatic nitrogens is 3. The highest BCUT2D eigenvalue weighted by molar-refractivity contribution is 4.89. The molecule has 0 amide bonds. The molecule has 0 saturated carbocycles. The molecule has 1 rings (SSSR count). The van der Waals surface area contributed by atoms with Crippen molar-refractivity contribution in [3.8, 4) is 0 Å². The SMILES string of the molecule is CCOCc1cn(CC(C)N)nn1. The first kappa shape index (κ1) is 10.1. The van der Waals surface area contributed by atoms with Crippen molar-refractivity contribution in [3.05, 3.63) is 11.9 Å². The number of hydrogen-bond acceptors (Lipinski definition) is 4. The molecule has 0 saturated heterocycles. The average molecular weight is 184 g/mol. The first-order valence-corrected chi connectivity index (χ1v) is 4.44. The Morgan fingerprint density at radius 3 is 3.08 bits per heavy atom. The molecule has 5 nitrogen and oxygen atoms in total. The van der Waals surface area contributed by atoms with Crippen LogP contribution in [0.2, 0.25) is 0 Å². The van der Waals surface area contributed by atoms with Gasteiger partial charge in [0.2, 0.25) is 0 Å². The zero-order chi connectivity index (χ0) is 9.68. The summed E-state index contributed by atoms with van der Waals surface area (Å²) < 4.78 is 6.93. The summed E-state index contributed by atoms with van der Waals surface area (Å²) in [5, 5.41) is 7.86. The predicted octanol–water partition coefficient (Wildman–Crippen LogP) is 0.162. The lowest BCUT2D eigenvalue weighted by Crippen LogP contribution is -2.22. The van der Waals surface area contributed by atoms with Crippen molar-refractivity contribution in [1.29, 1.82) is 0 Å². The molecule has 0 fully saturated rings. The maximum atomic E-state index is 5.61. The minimum absolute atomic E-state index is 0.0987. The predicted molar refractivity (Wildman–Crippen MR) is 49.0 cm³/mol. The first-order valence-electron chi connectivity index (χ1n) is 4.44. The third kappa shape index (κ3) is 3.52. The lowest BCUT2D eigenvalue weighted by Gasteiger charge is -2.02. The molecule has 2 N–H and O–H groups in total. The number of nitrogens with zero attached hydrogens (tertiary/aromatic N) is 3. The minimum Gasteiger partial charge on any atom is -0.375 e. The van der Waals surface area contributed by atoms with E-state index in [1.807, 2.05) is 20.0 Å². The van der Waals surface area contributed by atoms with E-state index in [0.717, 1.165) is 5.69 Å². The highest BCUT2D eigenvalue weighted by atomic mass is 16.5. The fraction of sp³-hybridized carbons (Fsp3) is 0.750. The molecule has 13 heavy (non-hydrogen) atoms. The molecule has 0 aliphatic carbocycles. The molecule has 0 radical (unpaired) electrons. The Morgan fingerprint density at radius 1 is 1.69 bits per heavy atom. The average Bonchev–Trinajstić information content (AvgIpc) is 2.48. The second-order valence-electron chi connectivity index (χ2n) is 3.05. The lowest BCUT2D eigenvalue weighted by molar-refractivity contribution is 0.131. The monoisotopic (exact) mass is 184 g/mol. The van der Waals surface area contributed by atoms with Crippen LogP contribution in [-0.4, -0.2) is 27.6 Å². The molecule has 1 aromatic rings. The molecule has 0 aromatic carbocycles. The third-order valence-electron chi connectivity index (χ3n) is 1.52. The van der Waals surface area contributed by atoms with Crippen LogP contribution >= 0.6 is 0 Å². The van der Waals surface area contributed by atoms with Crippen LogP contribution < -0.4 is 5.73 Å². The molecule has 1 unspecified atom stereocenters. The van der Waals surface area contributed by atoms with Crippen LogP contribution in [0.5, 0.6) is 0 Å². The van der Waals surface area contributed by atoms with Gasteiger partial charge in [-0.2, -0.15) is 0 Å². The van der Waals surface area contributed by atoms with Crippen molar-refractivity contribution in [2.75, 3.05) is 6.61 Å². The normalized spacial score (nSPS) is 13.2. The van der Waals surface area contributed by atoms with E-state index in [2.05, 4.69) is 10.3 Å². The highest BCUT2D eigenvalue weighted by Crippen LogP contribution is 1.96. The molecule has 0 aliphatic rings. The van der Waals surface area contributed by atoms with Crippen molar-refractivity contribution >= 4 is 0 Å². The van der Waals surface area contributed by atoms with Crippen molar-refractivity contribution < 1.29 is 4.74 Å². The van der Waals surface area contributed by atoms with E-state index >= 15 is 0 Å². The van der Waals surface area contributed by atoms with Gasteiger partial charge in [-0.15, -0.1) is 5.10 Å². The van der Waals surface area contributed by atoms with E-state index in [1.165, 1.54) is 0 Å². The van der Waals surface area contributed by atoms with Gasteiger partial charge in [0.25, 0.3) is 0 Å². The van der Waals surface area contributed by atoms with Gasteiger partial charge >= 0.3 is 0 Å². The van der Waals surface area contributed by atoms with Crippen molar-refractivity contribution in [3.63, 3.8) is 0 Å². The topological polar surface area (TPSA) is 66.0 Å². The van der Waals surface area contributed by atoms with Crippen molar-refractivity contribution in [2.45, 2.75) is 33.0 Å². The van der Waals surface area contributed by atoms with Crippen LogP contribution in [0.3, 0.4) is 0 Å². The zero-order valence-electron chi connectivity index (χ0n) is 8.10. The van der Waals surface area contributed by atoms with E-state index < -0.39 is 0 Å². The fourth-order valence-electron chi connectivity index (χ4n) is 0.996. The van der Waals surface area contributed by atoms with E-state index in [4.69, 9.17) is 10.5 Å². The summed E-state index contributed by atoms with van der Waals surface area (Å²) >= 11 is 0. The molecule has 74 valence electrons. The fourth-order valence-corrected chi connectivity index (χ4v) is 0.996. The van der Waals surface area contributed by atoms with Gasteiger partial charge in [-0.25, -0.2) is 0 Å². The second-order valence-corrected chi connectivity index (χ2v) is 3.05. The molecule has 5 heteroatoms. The van der Waals surface area contributed by atoms with Crippen LogP contribution in [0.15, 0.2) is 6.20 Å². The lowest BCUT2D eigenvalue weighted by atomic mass is 10.4. The van der Waals surface area contributed by atoms with Gasteiger partial charge < -0.3 is 10.5 Å². The second kappa shape index (κ2) is 4.94. The van der Waals surface area contributed by atoms with E-state index in [-0.39, 0.29) is 6.04 Å². The van der Waals surface area contributed by atoms with Gasteiger partial charge in [-0.05, 0) is 13.8 Å². The van der Waals surface area contributed by atoms with Crippen molar-refractivity contribution in [2.24, 2.45) is 5.73 Å². The Labute approximate surface area is 77.9 Å². The molecule has 1 aromatic heterocycles. The van der Waals surface area contributed by atoms with Crippen molar-refractivity contribution in [1.82, 2.24) is 15.0 Å². The summed E-state index contributed by atoms with van der Waals surface area (Å²) in [6.45, 7) is 5.80. The van der Waals surface area contributed by atoms with Crippen LogP contribution in [0.25, 0.3) is 0 Å². The van der Waals surface area contributed by atoms with Crippen LogP contribution in [-0.2, 0) is 17.9 Å².